The summed E-state index contributed by atoms with van der Waals surface area (Å²) in [6.45, 7) is 4.46. The topological polar surface area (TPSA) is 81.8 Å². The summed E-state index contributed by atoms with van der Waals surface area (Å²) in [6, 6.07) is 13.3. The number of carbonyl (C=O) groups excluding carboxylic acids is 1. The summed E-state index contributed by atoms with van der Waals surface area (Å²) in [5, 5.41) is 7.28. The fourth-order valence-corrected chi connectivity index (χ4v) is 3.04. The molecule has 1 unspecified atom stereocenters. The Hall–Kier alpha value is -3.22. The summed E-state index contributed by atoms with van der Waals surface area (Å²) < 4.78 is 3.31. The number of rotatable bonds is 7. The Morgan fingerprint density at radius 2 is 1.96 bits per heavy atom. The van der Waals surface area contributed by atoms with Gasteiger partial charge >= 0.3 is 5.69 Å². The largest absolute Gasteiger partial charge is 0.347 e. The molecular formula is C20H23N5O2. The summed E-state index contributed by atoms with van der Waals surface area (Å²) in [5.41, 5.74) is 2.17. The number of carbonyl (C=O) groups is 1. The van der Waals surface area contributed by atoms with Gasteiger partial charge in [0.15, 0.2) is 0 Å². The maximum absolute atomic E-state index is 12.5. The maximum Gasteiger partial charge on any atom is 0.347 e. The van der Waals surface area contributed by atoms with Gasteiger partial charge in [0.25, 0.3) is 0 Å². The first kappa shape index (κ1) is 18.6. The van der Waals surface area contributed by atoms with Crippen molar-refractivity contribution in [3.63, 3.8) is 0 Å². The van der Waals surface area contributed by atoms with Gasteiger partial charge in [0.2, 0.25) is 5.91 Å². The third-order valence-corrected chi connectivity index (χ3v) is 4.37. The van der Waals surface area contributed by atoms with Gasteiger partial charge in [0, 0.05) is 36.7 Å². The van der Waals surface area contributed by atoms with Gasteiger partial charge < -0.3 is 5.32 Å². The number of benzene rings is 1. The van der Waals surface area contributed by atoms with Crippen molar-refractivity contribution in [3.05, 3.63) is 82.3 Å². The molecule has 0 spiro atoms. The van der Waals surface area contributed by atoms with Gasteiger partial charge in [-0.15, -0.1) is 0 Å². The highest BCUT2D eigenvalue weighted by molar-refractivity contribution is 5.76. The lowest BCUT2D eigenvalue weighted by Gasteiger charge is -2.20. The van der Waals surface area contributed by atoms with Gasteiger partial charge in [0.1, 0.15) is 0 Å². The molecule has 2 aromatic heterocycles. The van der Waals surface area contributed by atoms with Crippen LogP contribution in [0.25, 0.3) is 0 Å². The Labute approximate surface area is 157 Å². The Balaban J connectivity index is 1.68. The number of hydrogen-bond donors (Lipinski definition) is 1. The van der Waals surface area contributed by atoms with E-state index in [9.17, 15) is 9.59 Å². The first-order valence-corrected chi connectivity index (χ1v) is 8.90. The molecule has 0 aliphatic heterocycles. The molecule has 1 aromatic carbocycles. The number of hydrogen-bond acceptors (Lipinski definition) is 4. The second-order valence-electron chi connectivity index (χ2n) is 6.48. The van der Waals surface area contributed by atoms with Crippen LogP contribution < -0.4 is 11.0 Å². The summed E-state index contributed by atoms with van der Waals surface area (Å²) in [7, 11) is 0. The van der Waals surface area contributed by atoms with Crippen LogP contribution in [0.4, 0.5) is 0 Å². The second-order valence-corrected chi connectivity index (χ2v) is 6.48. The molecule has 140 valence electrons. The molecule has 0 bridgehead atoms. The molecule has 0 saturated carbocycles. The average Bonchev–Trinajstić information content (AvgIpc) is 3.14. The van der Waals surface area contributed by atoms with E-state index in [4.69, 9.17) is 0 Å². The predicted molar refractivity (Wildman–Crippen MR) is 102 cm³/mol. The Kier molecular flexibility index (Phi) is 5.80. The fraction of sp³-hybridized carbons (Fsp3) is 0.300. The minimum absolute atomic E-state index is 0.122. The van der Waals surface area contributed by atoms with Gasteiger partial charge in [-0.3, -0.25) is 14.0 Å². The molecule has 1 atom stereocenters. The standard InChI is InChI=1S/C20H23N5O2/c1-15-13-16(2)25(20(27)22-15)12-9-19(26)23-18(14-24-11-6-10-21-24)17-7-4-3-5-8-17/h3-8,10-11,13,18H,9,12,14H2,1-2H3,(H,23,26). The van der Waals surface area contributed by atoms with Crippen molar-refractivity contribution in [2.45, 2.75) is 39.4 Å². The Morgan fingerprint density at radius 3 is 2.63 bits per heavy atom. The van der Waals surface area contributed by atoms with Gasteiger partial charge in [-0.1, -0.05) is 30.3 Å². The van der Waals surface area contributed by atoms with Crippen LogP contribution >= 0.6 is 0 Å². The molecule has 7 heteroatoms. The van der Waals surface area contributed by atoms with E-state index in [1.807, 2.05) is 55.6 Å². The van der Waals surface area contributed by atoms with Crippen molar-refractivity contribution >= 4 is 5.91 Å². The van der Waals surface area contributed by atoms with Crippen LogP contribution in [-0.4, -0.2) is 25.2 Å². The zero-order chi connectivity index (χ0) is 19.2. The summed E-state index contributed by atoms with van der Waals surface area (Å²) in [5.74, 6) is -0.122. The van der Waals surface area contributed by atoms with Crippen LogP contribution in [0.5, 0.6) is 0 Å². The molecule has 0 radical (unpaired) electrons. The molecule has 0 aliphatic carbocycles. The van der Waals surface area contributed by atoms with E-state index in [1.54, 1.807) is 17.8 Å². The third kappa shape index (κ3) is 4.91. The molecule has 7 nitrogen and oxygen atoms in total. The van der Waals surface area contributed by atoms with Crippen molar-refractivity contribution in [2.24, 2.45) is 0 Å². The molecule has 27 heavy (non-hydrogen) atoms. The Morgan fingerprint density at radius 1 is 1.19 bits per heavy atom. The lowest BCUT2D eigenvalue weighted by Crippen LogP contribution is -2.33. The van der Waals surface area contributed by atoms with E-state index < -0.39 is 0 Å². The van der Waals surface area contributed by atoms with E-state index in [-0.39, 0.29) is 24.1 Å². The minimum Gasteiger partial charge on any atom is -0.347 e. The van der Waals surface area contributed by atoms with Crippen molar-refractivity contribution in [3.8, 4) is 0 Å². The van der Waals surface area contributed by atoms with Gasteiger partial charge in [-0.25, -0.2) is 4.79 Å². The van der Waals surface area contributed by atoms with Crippen LogP contribution in [0.2, 0.25) is 0 Å². The van der Waals surface area contributed by atoms with Crippen LogP contribution in [0.15, 0.2) is 59.7 Å². The molecule has 1 amide bonds. The van der Waals surface area contributed by atoms with E-state index in [0.29, 0.717) is 18.8 Å². The molecule has 0 fully saturated rings. The van der Waals surface area contributed by atoms with Crippen molar-refractivity contribution in [2.75, 3.05) is 0 Å². The highest BCUT2D eigenvalue weighted by atomic mass is 16.2. The van der Waals surface area contributed by atoms with Crippen LogP contribution in [0, 0.1) is 13.8 Å². The van der Waals surface area contributed by atoms with Crippen molar-refractivity contribution < 1.29 is 4.79 Å². The van der Waals surface area contributed by atoms with E-state index >= 15 is 0 Å². The van der Waals surface area contributed by atoms with E-state index in [0.717, 1.165) is 11.3 Å². The molecule has 3 rings (SSSR count). The van der Waals surface area contributed by atoms with Crippen LogP contribution in [0.1, 0.15) is 29.4 Å². The monoisotopic (exact) mass is 365 g/mol. The minimum atomic E-state index is -0.323. The SMILES string of the molecule is Cc1cc(C)n(CCC(=O)NC(Cn2cccn2)c2ccccc2)c(=O)n1. The van der Waals surface area contributed by atoms with Gasteiger partial charge in [-0.05, 0) is 31.5 Å². The molecular weight excluding hydrogens is 342 g/mol. The third-order valence-electron chi connectivity index (χ3n) is 4.37. The van der Waals surface area contributed by atoms with E-state index in [2.05, 4.69) is 15.4 Å². The van der Waals surface area contributed by atoms with E-state index in [1.165, 1.54) is 4.57 Å². The molecule has 0 saturated heterocycles. The number of nitrogens with one attached hydrogen (secondary N) is 1. The normalized spacial score (nSPS) is 11.9. The number of aromatic nitrogens is 4. The quantitative estimate of drug-likeness (QED) is 0.694. The first-order valence-electron chi connectivity index (χ1n) is 8.90. The number of aryl methyl sites for hydroxylation is 2. The molecule has 1 N–H and O–H groups in total. The second kappa shape index (κ2) is 8.44. The predicted octanol–water partition coefficient (Wildman–Crippen LogP) is 2.00. The summed E-state index contributed by atoms with van der Waals surface area (Å²) >= 11 is 0. The zero-order valence-electron chi connectivity index (χ0n) is 15.5. The summed E-state index contributed by atoms with van der Waals surface area (Å²) in [4.78, 5) is 28.5. The average molecular weight is 365 g/mol. The molecule has 0 aliphatic rings. The number of amides is 1. The highest BCUT2D eigenvalue weighted by Crippen LogP contribution is 2.15. The molecule has 2 heterocycles. The maximum atomic E-state index is 12.5. The highest BCUT2D eigenvalue weighted by Gasteiger charge is 2.16. The Bertz CT molecular complexity index is 948. The zero-order valence-corrected chi connectivity index (χ0v) is 15.5. The number of nitrogens with zero attached hydrogens (tertiary/aromatic N) is 4. The van der Waals surface area contributed by atoms with Crippen LogP contribution in [0.3, 0.4) is 0 Å². The lowest BCUT2D eigenvalue weighted by molar-refractivity contribution is -0.122. The van der Waals surface area contributed by atoms with Crippen molar-refractivity contribution in [1.29, 1.82) is 0 Å². The molecule has 3 aromatic rings. The summed E-state index contributed by atoms with van der Waals surface area (Å²) in [6.07, 6.45) is 3.78. The van der Waals surface area contributed by atoms with Crippen LogP contribution in [-0.2, 0) is 17.9 Å². The van der Waals surface area contributed by atoms with Gasteiger partial charge in [-0.2, -0.15) is 10.1 Å². The first-order chi connectivity index (χ1) is 13.0. The lowest BCUT2D eigenvalue weighted by atomic mass is 10.1. The fourth-order valence-electron chi connectivity index (χ4n) is 3.04. The smallest absolute Gasteiger partial charge is 0.347 e. The van der Waals surface area contributed by atoms with Gasteiger partial charge in [0.05, 0.1) is 12.6 Å². The van der Waals surface area contributed by atoms with Crippen molar-refractivity contribution in [1.82, 2.24) is 24.6 Å².